The number of carbonyl (C=O) groups is 1. The number of nitrogens with two attached hydrogens (primary N) is 1. The molecule has 1 unspecified atom stereocenters. The van der Waals surface area contributed by atoms with E-state index >= 15 is 0 Å². The smallest absolute Gasteiger partial charge is 0.404 e. The van der Waals surface area contributed by atoms with Gasteiger partial charge in [-0.2, -0.15) is 0 Å². The fraction of sp³-hybridized carbons (Fsp3) is 0.417. The molecule has 0 aliphatic heterocycles. The molecule has 6 heteroatoms. The standard InChI is InChI=1S/C12H15BrFNO3/c1-2-10(7-17-12(15)16)18-11-4-3-9(14)5-8(11)6-13/h3-5,10H,2,6-7H2,1H3,(H2,15,16). The van der Waals surface area contributed by atoms with Gasteiger partial charge in [-0.15, -0.1) is 0 Å². The maximum absolute atomic E-state index is 13.0. The Labute approximate surface area is 113 Å². The maximum Gasteiger partial charge on any atom is 0.404 e. The van der Waals surface area contributed by atoms with Gasteiger partial charge in [0.1, 0.15) is 24.3 Å². The van der Waals surface area contributed by atoms with Crippen LogP contribution in [0.1, 0.15) is 18.9 Å². The van der Waals surface area contributed by atoms with Crippen LogP contribution >= 0.6 is 15.9 Å². The quantitative estimate of drug-likeness (QED) is 0.820. The fourth-order valence-electron chi connectivity index (χ4n) is 1.36. The van der Waals surface area contributed by atoms with Gasteiger partial charge in [0.2, 0.25) is 0 Å². The first-order chi connectivity index (χ1) is 8.56. The molecule has 0 aromatic heterocycles. The molecule has 0 radical (unpaired) electrons. The van der Waals surface area contributed by atoms with Gasteiger partial charge < -0.3 is 15.2 Å². The topological polar surface area (TPSA) is 61.5 Å². The number of hydrogen-bond donors (Lipinski definition) is 1. The Hall–Kier alpha value is -1.30. The van der Waals surface area contributed by atoms with Crippen LogP contribution in [0.3, 0.4) is 0 Å². The van der Waals surface area contributed by atoms with Crippen molar-refractivity contribution in [1.29, 1.82) is 0 Å². The van der Waals surface area contributed by atoms with E-state index in [4.69, 9.17) is 15.2 Å². The van der Waals surface area contributed by atoms with Gasteiger partial charge in [0, 0.05) is 10.9 Å². The van der Waals surface area contributed by atoms with Gasteiger partial charge in [0.15, 0.2) is 0 Å². The normalized spacial score (nSPS) is 11.9. The van der Waals surface area contributed by atoms with Crippen molar-refractivity contribution in [2.75, 3.05) is 6.61 Å². The third-order valence-corrected chi connectivity index (χ3v) is 2.93. The van der Waals surface area contributed by atoms with Gasteiger partial charge in [-0.1, -0.05) is 22.9 Å². The Kier molecular flexibility index (Phi) is 5.91. The first-order valence-electron chi connectivity index (χ1n) is 5.50. The van der Waals surface area contributed by atoms with Crippen LogP contribution in [0.2, 0.25) is 0 Å². The Morgan fingerprint density at radius 3 is 2.83 bits per heavy atom. The van der Waals surface area contributed by atoms with Crippen LogP contribution in [-0.2, 0) is 10.1 Å². The first kappa shape index (κ1) is 14.8. The van der Waals surface area contributed by atoms with E-state index in [1.165, 1.54) is 12.1 Å². The van der Waals surface area contributed by atoms with E-state index in [0.29, 0.717) is 23.1 Å². The van der Waals surface area contributed by atoms with Crippen LogP contribution in [0.15, 0.2) is 18.2 Å². The van der Waals surface area contributed by atoms with Crippen LogP contribution in [0, 0.1) is 5.82 Å². The second-order valence-electron chi connectivity index (χ2n) is 3.66. The van der Waals surface area contributed by atoms with E-state index in [9.17, 15) is 9.18 Å². The summed E-state index contributed by atoms with van der Waals surface area (Å²) in [5.41, 5.74) is 5.59. The van der Waals surface area contributed by atoms with Crippen molar-refractivity contribution in [3.05, 3.63) is 29.6 Å². The fourth-order valence-corrected chi connectivity index (χ4v) is 1.80. The zero-order valence-electron chi connectivity index (χ0n) is 9.99. The molecule has 0 aliphatic carbocycles. The minimum atomic E-state index is -0.836. The SMILES string of the molecule is CCC(COC(N)=O)Oc1ccc(F)cc1CBr. The minimum absolute atomic E-state index is 0.0743. The number of ether oxygens (including phenoxy) is 2. The highest BCUT2D eigenvalue weighted by atomic mass is 79.9. The summed E-state index contributed by atoms with van der Waals surface area (Å²) in [7, 11) is 0. The van der Waals surface area contributed by atoms with Crippen molar-refractivity contribution in [2.24, 2.45) is 5.73 Å². The Bertz CT molecular complexity index is 414. The van der Waals surface area contributed by atoms with E-state index in [-0.39, 0.29) is 18.5 Å². The van der Waals surface area contributed by atoms with Crippen LogP contribution in [0.25, 0.3) is 0 Å². The summed E-state index contributed by atoms with van der Waals surface area (Å²) in [6.45, 7) is 1.97. The predicted octanol–water partition coefficient (Wildman–Crippen LogP) is 2.97. The molecule has 0 aliphatic rings. The van der Waals surface area contributed by atoms with E-state index in [2.05, 4.69) is 15.9 Å². The van der Waals surface area contributed by atoms with Gasteiger partial charge in [0.05, 0.1) is 0 Å². The number of benzene rings is 1. The molecular weight excluding hydrogens is 305 g/mol. The Morgan fingerprint density at radius 2 is 2.28 bits per heavy atom. The summed E-state index contributed by atoms with van der Waals surface area (Å²) in [6, 6.07) is 4.27. The van der Waals surface area contributed by atoms with Crippen molar-refractivity contribution in [1.82, 2.24) is 0 Å². The van der Waals surface area contributed by atoms with Gasteiger partial charge in [0.25, 0.3) is 0 Å². The molecule has 2 N–H and O–H groups in total. The summed E-state index contributed by atoms with van der Waals surface area (Å²) in [5, 5.41) is 0.479. The third kappa shape index (κ3) is 4.52. The van der Waals surface area contributed by atoms with Gasteiger partial charge >= 0.3 is 6.09 Å². The van der Waals surface area contributed by atoms with Crippen molar-refractivity contribution in [3.63, 3.8) is 0 Å². The lowest BCUT2D eigenvalue weighted by Crippen LogP contribution is -2.26. The third-order valence-electron chi connectivity index (χ3n) is 2.33. The highest BCUT2D eigenvalue weighted by Crippen LogP contribution is 2.23. The second kappa shape index (κ2) is 7.20. The molecular formula is C12H15BrFNO3. The molecule has 0 fully saturated rings. The molecule has 100 valence electrons. The molecule has 18 heavy (non-hydrogen) atoms. The molecule has 1 amide bonds. The van der Waals surface area contributed by atoms with Crippen molar-refractivity contribution >= 4 is 22.0 Å². The molecule has 1 rings (SSSR count). The molecule has 1 aromatic carbocycles. The number of rotatable bonds is 6. The van der Waals surface area contributed by atoms with Gasteiger partial charge in [-0.3, -0.25) is 0 Å². The van der Waals surface area contributed by atoms with Crippen molar-refractivity contribution < 1.29 is 18.7 Å². The predicted molar refractivity (Wildman–Crippen MR) is 69.3 cm³/mol. The number of halogens is 2. The van der Waals surface area contributed by atoms with E-state index < -0.39 is 6.09 Å². The lowest BCUT2D eigenvalue weighted by molar-refractivity contribution is 0.0849. The van der Waals surface area contributed by atoms with Crippen LogP contribution in [-0.4, -0.2) is 18.8 Å². The highest BCUT2D eigenvalue weighted by Gasteiger charge is 2.13. The lowest BCUT2D eigenvalue weighted by Gasteiger charge is -2.18. The number of carbonyl (C=O) groups excluding carboxylic acids is 1. The summed E-state index contributed by atoms with van der Waals surface area (Å²) in [4.78, 5) is 10.5. The van der Waals surface area contributed by atoms with Crippen molar-refractivity contribution in [3.8, 4) is 5.75 Å². The second-order valence-corrected chi connectivity index (χ2v) is 4.22. The Morgan fingerprint density at radius 1 is 1.56 bits per heavy atom. The van der Waals surface area contributed by atoms with E-state index in [0.717, 1.165) is 0 Å². The largest absolute Gasteiger partial charge is 0.487 e. The Balaban J connectivity index is 2.71. The minimum Gasteiger partial charge on any atom is -0.487 e. The number of alkyl halides is 1. The summed E-state index contributed by atoms with van der Waals surface area (Å²) >= 11 is 3.26. The van der Waals surface area contributed by atoms with Crippen LogP contribution in [0.4, 0.5) is 9.18 Å². The number of primary amides is 1. The first-order valence-corrected chi connectivity index (χ1v) is 6.62. The monoisotopic (exact) mass is 319 g/mol. The van der Waals surface area contributed by atoms with E-state index in [1.54, 1.807) is 6.07 Å². The molecule has 1 aromatic rings. The average molecular weight is 320 g/mol. The number of hydrogen-bond acceptors (Lipinski definition) is 3. The molecule has 4 nitrogen and oxygen atoms in total. The highest BCUT2D eigenvalue weighted by molar-refractivity contribution is 9.08. The van der Waals surface area contributed by atoms with Crippen LogP contribution in [0.5, 0.6) is 5.75 Å². The zero-order valence-corrected chi connectivity index (χ0v) is 11.6. The zero-order chi connectivity index (χ0) is 13.5. The average Bonchev–Trinajstić information content (AvgIpc) is 2.35. The summed E-state index contributed by atoms with van der Waals surface area (Å²) in [5.74, 6) is 0.242. The summed E-state index contributed by atoms with van der Waals surface area (Å²) in [6.07, 6.45) is -0.496. The van der Waals surface area contributed by atoms with Gasteiger partial charge in [-0.05, 0) is 24.6 Å². The number of amides is 1. The molecule has 0 heterocycles. The van der Waals surface area contributed by atoms with Crippen molar-refractivity contribution in [2.45, 2.75) is 24.8 Å². The summed E-state index contributed by atoms with van der Waals surface area (Å²) < 4.78 is 23.4. The molecule has 0 spiro atoms. The maximum atomic E-state index is 13.0. The molecule has 1 atom stereocenters. The molecule has 0 bridgehead atoms. The van der Waals surface area contributed by atoms with Gasteiger partial charge in [-0.25, -0.2) is 9.18 Å². The molecule has 0 saturated heterocycles. The van der Waals surface area contributed by atoms with Crippen LogP contribution < -0.4 is 10.5 Å². The van der Waals surface area contributed by atoms with E-state index in [1.807, 2.05) is 6.92 Å². The lowest BCUT2D eigenvalue weighted by atomic mass is 10.2. The molecule has 0 saturated carbocycles.